The van der Waals surface area contributed by atoms with Crippen molar-refractivity contribution in [2.24, 2.45) is 0 Å². The quantitative estimate of drug-likeness (QED) is 0.747. The Hall–Kier alpha value is -2.73. The van der Waals surface area contributed by atoms with Crippen LogP contribution in [-0.2, 0) is 9.59 Å². The minimum atomic E-state index is -0.324. The molecular formula is C18H17N3O2S. The van der Waals surface area contributed by atoms with Crippen LogP contribution in [0.2, 0.25) is 0 Å². The fourth-order valence-electron chi connectivity index (χ4n) is 2.56. The van der Waals surface area contributed by atoms with Crippen LogP contribution in [-0.4, -0.2) is 16.8 Å². The van der Waals surface area contributed by atoms with Gasteiger partial charge >= 0.3 is 0 Å². The van der Waals surface area contributed by atoms with Crippen LogP contribution in [0.4, 0.5) is 5.69 Å². The molecular weight excluding hydrogens is 322 g/mol. The van der Waals surface area contributed by atoms with Crippen molar-refractivity contribution in [1.82, 2.24) is 10.3 Å². The molecule has 0 aliphatic heterocycles. The predicted octanol–water partition coefficient (Wildman–Crippen LogP) is 3.50. The first-order valence-electron chi connectivity index (χ1n) is 7.57. The van der Waals surface area contributed by atoms with Gasteiger partial charge in [0.15, 0.2) is 0 Å². The van der Waals surface area contributed by atoms with E-state index in [1.165, 1.54) is 18.3 Å². The fourth-order valence-corrected chi connectivity index (χ4v) is 3.33. The van der Waals surface area contributed by atoms with Crippen LogP contribution in [0, 0.1) is 0 Å². The smallest absolute Gasteiger partial charge is 0.226 e. The maximum Gasteiger partial charge on any atom is 0.226 e. The summed E-state index contributed by atoms with van der Waals surface area (Å²) >= 11 is 1.52. The highest BCUT2D eigenvalue weighted by molar-refractivity contribution is 7.10. The van der Waals surface area contributed by atoms with E-state index in [4.69, 9.17) is 0 Å². The number of fused-ring (bicyclic) bond motifs is 1. The molecule has 2 amide bonds. The first-order chi connectivity index (χ1) is 11.6. The number of nitrogens with one attached hydrogen (secondary N) is 2. The van der Waals surface area contributed by atoms with Gasteiger partial charge in [0.2, 0.25) is 11.8 Å². The maximum atomic E-state index is 12.5. The SMILES string of the molecule is CC(=O)N[C@H](CC(=O)Nc1cccc2ncccc12)c1cccs1. The molecule has 3 rings (SSSR count). The second-order valence-corrected chi connectivity index (χ2v) is 6.38. The molecule has 3 aromatic rings. The molecule has 6 heteroatoms. The average Bonchev–Trinajstić information content (AvgIpc) is 3.08. The first-order valence-corrected chi connectivity index (χ1v) is 8.45. The maximum absolute atomic E-state index is 12.5. The molecule has 122 valence electrons. The Morgan fingerprint density at radius 1 is 1.17 bits per heavy atom. The largest absolute Gasteiger partial charge is 0.348 e. The lowest BCUT2D eigenvalue weighted by Crippen LogP contribution is -2.29. The van der Waals surface area contributed by atoms with Gasteiger partial charge in [-0.05, 0) is 35.7 Å². The third-order valence-corrected chi connectivity index (χ3v) is 4.56. The number of nitrogens with zero attached hydrogens (tertiary/aromatic N) is 1. The van der Waals surface area contributed by atoms with Gasteiger partial charge in [0, 0.05) is 23.4 Å². The number of hydrogen-bond acceptors (Lipinski definition) is 4. The van der Waals surface area contributed by atoms with Gasteiger partial charge in [0.1, 0.15) is 0 Å². The average molecular weight is 339 g/mol. The van der Waals surface area contributed by atoms with Gasteiger partial charge in [-0.2, -0.15) is 0 Å². The molecule has 2 N–H and O–H groups in total. The Kier molecular flexibility index (Phi) is 4.86. The van der Waals surface area contributed by atoms with E-state index in [0.717, 1.165) is 21.5 Å². The lowest BCUT2D eigenvalue weighted by Gasteiger charge is -2.16. The van der Waals surface area contributed by atoms with Crippen LogP contribution in [0.5, 0.6) is 0 Å². The monoisotopic (exact) mass is 339 g/mol. The number of rotatable bonds is 5. The molecule has 1 atom stereocenters. The van der Waals surface area contributed by atoms with E-state index in [0.29, 0.717) is 0 Å². The zero-order chi connectivity index (χ0) is 16.9. The third-order valence-electron chi connectivity index (χ3n) is 3.57. The molecule has 5 nitrogen and oxygen atoms in total. The summed E-state index contributed by atoms with van der Waals surface area (Å²) in [6, 6.07) is 12.9. The second-order valence-electron chi connectivity index (χ2n) is 5.40. The van der Waals surface area contributed by atoms with Crippen molar-refractivity contribution < 1.29 is 9.59 Å². The highest BCUT2D eigenvalue weighted by Gasteiger charge is 2.18. The van der Waals surface area contributed by atoms with E-state index in [-0.39, 0.29) is 24.3 Å². The predicted molar refractivity (Wildman–Crippen MR) is 95.9 cm³/mol. The van der Waals surface area contributed by atoms with Gasteiger partial charge in [-0.1, -0.05) is 12.1 Å². The van der Waals surface area contributed by atoms with Crippen LogP contribution in [0.3, 0.4) is 0 Å². The molecule has 0 aliphatic carbocycles. The summed E-state index contributed by atoms with van der Waals surface area (Å²) in [5, 5.41) is 8.58. The van der Waals surface area contributed by atoms with Crippen molar-refractivity contribution in [3.05, 3.63) is 58.9 Å². The van der Waals surface area contributed by atoms with E-state index in [1.807, 2.05) is 47.8 Å². The minimum absolute atomic E-state index is 0.154. The normalized spacial score (nSPS) is 11.9. The number of aromatic nitrogens is 1. The van der Waals surface area contributed by atoms with Crippen molar-refractivity contribution in [1.29, 1.82) is 0 Å². The number of amides is 2. The number of carbonyl (C=O) groups excluding carboxylic acids is 2. The Balaban J connectivity index is 1.77. The Labute approximate surface area is 143 Å². The molecule has 0 unspecified atom stereocenters. The Morgan fingerprint density at radius 2 is 2.04 bits per heavy atom. The molecule has 2 aromatic heterocycles. The number of pyridine rings is 1. The summed E-state index contributed by atoms with van der Waals surface area (Å²) in [6.45, 7) is 1.45. The standard InChI is InChI=1S/C18H17N3O2S/c1-12(22)20-16(17-8-4-10-24-17)11-18(23)21-15-7-2-6-14-13(15)5-3-9-19-14/h2-10,16H,11H2,1H3,(H,20,22)(H,21,23)/t16-/m1/s1. The molecule has 0 bridgehead atoms. The lowest BCUT2D eigenvalue weighted by molar-refractivity contribution is -0.120. The highest BCUT2D eigenvalue weighted by atomic mass is 32.1. The summed E-state index contributed by atoms with van der Waals surface area (Å²) in [5.41, 5.74) is 1.55. The van der Waals surface area contributed by atoms with Crippen LogP contribution in [0.15, 0.2) is 54.0 Å². The Morgan fingerprint density at radius 3 is 2.79 bits per heavy atom. The van der Waals surface area contributed by atoms with Crippen molar-refractivity contribution >= 4 is 39.7 Å². The first kappa shape index (κ1) is 16.1. The molecule has 0 aliphatic rings. The van der Waals surface area contributed by atoms with E-state index in [1.54, 1.807) is 6.20 Å². The summed E-state index contributed by atoms with van der Waals surface area (Å²) in [4.78, 5) is 29.1. The summed E-state index contributed by atoms with van der Waals surface area (Å²) in [7, 11) is 0. The van der Waals surface area contributed by atoms with Crippen LogP contribution in [0.1, 0.15) is 24.3 Å². The zero-order valence-electron chi connectivity index (χ0n) is 13.2. The fraction of sp³-hybridized carbons (Fsp3) is 0.167. The van der Waals surface area contributed by atoms with Gasteiger partial charge in [-0.3, -0.25) is 14.6 Å². The topological polar surface area (TPSA) is 71.1 Å². The minimum Gasteiger partial charge on any atom is -0.348 e. The number of carbonyl (C=O) groups is 2. The van der Waals surface area contributed by atoms with Gasteiger partial charge in [0.25, 0.3) is 0 Å². The van der Waals surface area contributed by atoms with Crippen LogP contribution in [0.25, 0.3) is 10.9 Å². The zero-order valence-corrected chi connectivity index (χ0v) is 14.0. The van der Waals surface area contributed by atoms with Crippen molar-refractivity contribution in [2.75, 3.05) is 5.32 Å². The van der Waals surface area contributed by atoms with Crippen LogP contribution >= 0.6 is 11.3 Å². The summed E-state index contributed by atoms with van der Waals surface area (Å²) in [5.74, 6) is -0.311. The van der Waals surface area contributed by atoms with Crippen LogP contribution < -0.4 is 10.6 Å². The summed E-state index contributed by atoms with van der Waals surface area (Å²) < 4.78 is 0. The van der Waals surface area contributed by atoms with Gasteiger partial charge < -0.3 is 10.6 Å². The highest BCUT2D eigenvalue weighted by Crippen LogP contribution is 2.25. The molecule has 1 aromatic carbocycles. The number of anilines is 1. The van der Waals surface area contributed by atoms with Gasteiger partial charge in [-0.15, -0.1) is 11.3 Å². The molecule has 0 radical (unpaired) electrons. The Bertz CT molecular complexity index is 856. The van der Waals surface area contributed by atoms with Crippen molar-refractivity contribution in [3.8, 4) is 0 Å². The number of thiophene rings is 1. The van der Waals surface area contributed by atoms with E-state index in [2.05, 4.69) is 15.6 Å². The molecule has 0 saturated heterocycles. The lowest BCUT2D eigenvalue weighted by atomic mass is 10.1. The van der Waals surface area contributed by atoms with E-state index in [9.17, 15) is 9.59 Å². The van der Waals surface area contributed by atoms with Crippen molar-refractivity contribution in [2.45, 2.75) is 19.4 Å². The third kappa shape index (κ3) is 3.78. The summed E-state index contributed by atoms with van der Waals surface area (Å²) in [6.07, 6.45) is 1.90. The number of benzene rings is 1. The molecule has 24 heavy (non-hydrogen) atoms. The van der Waals surface area contributed by atoms with Crippen molar-refractivity contribution in [3.63, 3.8) is 0 Å². The van der Waals surface area contributed by atoms with E-state index >= 15 is 0 Å². The molecule has 0 fully saturated rings. The number of hydrogen-bond donors (Lipinski definition) is 2. The molecule has 0 spiro atoms. The van der Waals surface area contributed by atoms with Gasteiger partial charge in [-0.25, -0.2) is 0 Å². The second kappa shape index (κ2) is 7.23. The molecule has 2 heterocycles. The van der Waals surface area contributed by atoms with E-state index < -0.39 is 0 Å². The molecule has 0 saturated carbocycles. The van der Waals surface area contributed by atoms with Gasteiger partial charge in [0.05, 0.1) is 23.7 Å².